The predicted molar refractivity (Wildman–Crippen MR) is 51.2 cm³/mol. The lowest BCUT2D eigenvalue weighted by Crippen LogP contribution is -2.59. The Morgan fingerprint density at radius 1 is 1.33 bits per heavy atom. The molecule has 2 heterocycles. The molecule has 0 aliphatic carbocycles. The van der Waals surface area contributed by atoms with Crippen LogP contribution in [0.5, 0.6) is 0 Å². The van der Waals surface area contributed by atoms with Crippen LogP contribution in [0.15, 0.2) is 0 Å². The van der Waals surface area contributed by atoms with E-state index in [1.165, 1.54) is 32.5 Å². The van der Waals surface area contributed by atoms with Gasteiger partial charge in [-0.25, -0.2) is 0 Å². The maximum absolute atomic E-state index is 3.36. The highest BCUT2D eigenvalue weighted by Crippen LogP contribution is 2.26. The average molecular weight is 168 g/mol. The molecule has 2 nitrogen and oxygen atoms in total. The van der Waals surface area contributed by atoms with Crippen molar-refractivity contribution in [1.82, 2.24) is 10.2 Å². The fourth-order valence-corrected chi connectivity index (χ4v) is 2.49. The van der Waals surface area contributed by atoms with E-state index in [2.05, 4.69) is 24.1 Å². The minimum atomic E-state index is 0.841. The summed E-state index contributed by atoms with van der Waals surface area (Å²) in [4.78, 5) is 2.72. The van der Waals surface area contributed by atoms with Crippen LogP contribution in [0.4, 0.5) is 0 Å². The predicted octanol–water partition coefficient (Wildman–Crippen LogP) is 1.08. The van der Waals surface area contributed by atoms with Crippen LogP contribution in [0.25, 0.3) is 0 Å². The lowest BCUT2D eigenvalue weighted by molar-refractivity contribution is 0.107. The van der Waals surface area contributed by atoms with Gasteiger partial charge in [0.15, 0.2) is 0 Å². The van der Waals surface area contributed by atoms with E-state index in [4.69, 9.17) is 0 Å². The maximum atomic E-state index is 3.36. The molecule has 0 radical (unpaired) electrons. The first-order chi connectivity index (χ1) is 5.79. The van der Waals surface area contributed by atoms with Gasteiger partial charge in [-0.3, -0.25) is 4.90 Å². The van der Waals surface area contributed by atoms with Gasteiger partial charge in [-0.15, -0.1) is 0 Å². The number of nitrogens with zero attached hydrogens (tertiary/aromatic N) is 1. The fourth-order valence-electron chi connectivity index (χ4n) is 2.49. The molecule has 70 valence electrons. The highest BCUT2D eigenvalue weighted by Gasteiger charge is 2.34. The number of rotatable bonds is 2. The molecular weight excluding hydrogens is 148 g/mol. The molecule has 2 aliphatic rings. The smallest absolute Gasteiger partial charge is 0.0348 e. The van der Waals surface area contributed by atoms with E-state index in [1.54, 1.807) is 0 Å². The van der Waals surface area contributed by atoms with Crippen LogP contribution in [-0.4, -0.2) is 36.6 Å². The summed E-state index contributed by atoms with van der Waals surface area (Å²) in [6.07, 6.45) is 2.84. The topological polar surface area (TPSA) is 15.3 Å². The molecule has 0 saturated carbocycles. The normalized spacial score (nSPS) is 32.8. The second-order valence-corrected chi connectivity index (χ2v) is 4.50. The highest BCUT2D eigenvalue weighted by molar-refractivity contribution is 4.92. The number of nitrogens with one attached hydrogen (secondary N) is 1. The van der Waals surface area contributed by atoms with Crippen molar-refractivity contribution in [2.75, 3.05) is 19.6 Å². The Bertz CT molecular complexity index is 152. The zero-order valence-corrected chi connectivity index (χ0v) is 8.21. The van der Waals surface area contributed by atoms with Crippen LogP contribution < -0.4 is 5.32 Å². The van der Waals surface area contributed by atoms with E-state index in [1.807, 2.05) is 0 Å². The van der Waals surface area contributed by atoms with Gasteiger partial charge in [0.1, 0.15) is 0 Å². The Kier molecular flexibility index (Phi) is 2.37. The first-order valence-electron chi connectivity index (χ1n) is 5.25. The van der Waals surface area contributed by atoms with Crippen LogP contribution >= 0.6 is 0 Å². The Balaban J connectivity index is 1.93. The molecule has 0 aromatic carbocycles. The Morgan fingerprint density at radius 3 is 2.58 bits per heavy atom. The maximum Gasteiger partial charge on any atom is 0.0348 e. The lowest BCUT2D eigenvalue weighted by atomic mass is 9.99. The molecule has 2 saturated heterocycles. The third-order valence-corrected chi connectivity index (χ3v) is 3.34. The summed E-state index contributed by atoms with van der Waals surface area (Å²) in [5, 5.41) is 3.36. The van der Waals surface area contributed by atoms with Crippen LogP contribution in [0, 0.1) is 5.92 Å². The average Bonchev–Trinajstić information content (AvgIpc) is 2.31. The summed E-state index contributed by atoms with van der Waals surface area (Å²) < 4.78 is 0. The molecule has 0 bridgehead atoms. The van der Waals surface area contributed by atoms with Gasteiger partial charge < -0.3 is 5.32 Å². The van der Waals surface area contributed by atoms with Crippen molar-refractivity contribution in [2.45, 2.75) is 38.8 Å². The molecule has 2 fully saturated rings. The molecule has 2 rings (SSSR count). The van der Waals surface area contributed by atoms with Crippen molar-refractivity contribution in [3.8, 4) is 0 Å². The summed E-state index contributed by atoms with van der Waals surface area (Å²) in [6.45, 7) is 8.51. The molecule has 1 N–H and O–H groups in total. The molecular formula is C10H20N2. The highest BCUT2D eigenvalue weighted by atomic mass is 15.3. The monoisotopic (exact) mass is 168 g/mol. The van der Waals surface area contributed by atoms with Gasteiger partial charge in [-0.05, 0) is 25.3 Å². The van der Waals surface area contributed by atoms with Gasteiger partial charge in [-0.2, -0.15) is 0 Å². The molecule has 2 aliphatic heterocycles. The minimum Gasteiger partial charge on any atom is -0.314 e. The number of hydrogen-bond acceptors (Lipinski definition) is 2. The summed E-state index contributed by atoms with van der Waals surface area (Å²) in [6, 6.07) is 1.73. The van der Waals surface area contributed by atoms with Crippen LogP contribution in [0.3, 0.4) is 0 Å². The van der Waals surface area contributed by atoms with E-state index >= 15 is 0 Å². The first-order valence-corrected chi connectivity index (χ1v) is 5.25. The van der Waals surface area contributed by atoms with Crippen LogP contribution in [0.2, 0.25) is 0 Å². The Morgan fingerprint density at radius 2 is 2.08 bits per heavy atom. The fraction of sp³-hybridized carbons (Fsp3) is 1.00. The molecule has 1 atom stereocenters. The molecule has 0 amide bonds. The summed E-state index contributed by atoms with van der Waals surface area (Å²) in [7, 11) is 0. The van der Waals surface area contributed by atoms with Crippen molar-refractivity contribution in [2.24, 2.45) is 5.92 Å². The van der Waals surface area contributed by atoms with E-state index in [9.17, 15) is 0 Å². The molecule has 1 unspecified atom stereocenters. The second-order valence-electron chi connectivity index (χ2n) is 4.50. The summed E-state index contributed by atoms with van der Waals surface area (Å²) in [5.41, 5.74) is 0. The second kappa shape index (κ2) is 3.35. The van der Waals surface area contributed by atoms with Crippen molar-refractivity contribution in [1.29, 1.82) is 0 Å². The van der Waals surface area contributed by atoms with Crippen molar-refractivity contribution in [3.05, 3.63) is 0 Å². The zero-order valence-electron chi connectivity index (χ0n) is 8.21. The molecule has 0 spiro atoms. The standard InChI is InChI=1S/C10H20N2/c1-8(2)10-4-3-5-12(10)9-6-11-7-9/h8-11H,3-7H2,1-2H3. The number of hydrogen-bond donors (Lipinski definition) is 1. The van der Waals surface area contributed by atoms with Crippen molar-refractivity contribution in [3.63, 3.8) is 0 Å². The van der Waals surface area contributed by atoms with Gasteiger partial charge in [0, 0.05) is 25.2 Å². The van der Waals surface area contributed by atoms with Gasteiger partial charge in [-0.1, -0.05) is 13.8 Å². The van der Waals surface area contributed by atoms with E-state index in [0.29, 0.717) is 0 Å². The molecule has 12 heavy (non-hydrogen) atoms. The third-order valence-electron chi connectivity index (χ3n) is 3.34. The zero-order chi connectivity index (χ0) is 8.55. The Labute approximate surface area is 75.3 Å². The van der Waals surface area contributed by atoms with Crippen molar-refractivity contribution < 1.29 is 0 Å². The minimum absolute atomic E-state index is 0.841. The third kappa shape index (κ3) is 1.38. The van der Waals surface area contributed by atoms with E-state index in [0.717, 1.165) is 18.0 Å². The first kappa shape index (κ1) is 8.52. The van der Waals surface area contributed by atoms with Crippen molar-refractivity contribution >= 4 is 0 Å². The largest absolute Gasteiger partial charge is 0.314 e. The summed E-state index contributed by atoms with van der Waals surface area (Å²) in [5.74, 6) is 0.841. The van der Waals surface area contributed by atoms with Gasteiger partial charge in [0.25, 0.3) is 0 Å². The van der Waals surface area contributed by atoms with E-state index < -0.39 is 0 Å². The van der Waals surface area contributed by atoms with Gasteiger partial charge >= 0.3 is 0 Å². The lowest BCUT2D eigenvalue weighted by Gasteiger charge is -2.40. The van der Waals surface area contributed by atoms with Gasteiger partial charge in [0.05, 0.1) is 0 Å². The molecule has 0 aromatic heterocycles. The van der Waals surface area contributed by atoms with E-state index in [-0.39, 0.29) is 0 Å². The summed E-state index contributed by atoms with van der Waals surface area (Å²) >= 11 is 0. The Hall–Kier alpha value is -0.0800. The quantitative estimate of drug-likeness (QED) is 0.663. The van der Waals surface area contributed by atoms with Crippen LogP contribution in [-0.2, 0) is 0 Å². The molecule has 0 aromatic rings. The SMILES string of the molecule is CC(C)C1CCCN1C1CNC1. The number of likely N-dealkylation sites (tertiary alicyclic amines) is 1. The van der Waals surface area contributed by atoms with Crippen LogP contribution in [0.1, 0.15) is 26.7 Å². The molecule has 2 heteroatoms. The van der Waals surface area contributed by atoms with Gasteiger partial charge in [0.2, 0.25) is 0 Å².